The number of Topliss-reactive ketones (excluding diaryl/α,β-unsaturated/α-hetero) is 1. The van der Waals surface area contributed by atoms with E-state index in [1.165, 1.54) is 0 Å². The van der Waals surface area contributed by atoms with Crippen molar-refractivity contribution in [2.24, 2.45) is 4.99 Å². The van der Waals surface area contributed by atoms with Gasteiger partial charge < -0.3 is 4.74 Å². The molecule has 0 N–H and O–H groups in total. The van der Waals surface area contributed by atoms with Gasteiger partial charge in [-0.2, -0.15) is 0 Å². The van der Waals surface area contributed by atoms with Crippen LogP contribution in [0.5, 0.6) is 0 Å². The number of carbonyl (C=O) groups is 2. The molecule has 1 unspecified atom stereocenters. The maximum Gasteiger partial charge on any atom is 0.339 e. The van der Waals surface area contributed by atoms with Crippen LogP contribution in [0, 0.1) is 0 Å². The Hall–Kier alpha value is -3.53. The van der Waals surface area contributed by atoms with E-state index in [2.05, 4.69) is 4.99 Å². The Bertz CT molecular complexity index is 909. The van der Waals surface area contributed by atoms with Crippen LogP contribution in [-0.2, 0) is 9.53 Å². The standard InChI is InChI=1S/C24H21NO3/c1-2-28-24(27)22(23(26)20-16-10-5-11-17-20)25-21(18-12-6-3-7-13-18)19-14-8-4-9-15-19/h3-17,22H,2H2,1H3. The predicted molar refractivity (Wildman–Crippen MR) is 110 cm³/mol. The van der Waals surface area contributed by atoms with Gasteiger partial charge in [0.15, 0.2) is 5.78 Å². The van der Waals surface area contributed by atoms with Crippen LogP contribution in [0.25, 0.3) is 0 Å². The highest BCUT2D eigenvalue weighted by molar-refractivity contribution is 6.18. The first-order valence-corrected chi connectivity index (χ1v) is 9.15. The van der Waals surface area contributed by atoms with E-state index in [0.717, 1.165) is 11.1 Å². The molecule has 0 aromatic heterocycles. The zero-order chi connectivity index (χ0) is 19.8. The maximum absolute atomic E-state index is 13.1. The minimum atomic E-state index is -1.27. The molecule has 4 nitrogen and oxygen atoms in total. The number of benzene rings is 3. The highest BCUT2D eigenvalue weighted by atomic mass is 16.5. The Kier molecular flexibility index (Phi) is 6.47. The zero-order valence-electron chi connectivity index (χ0n) is 15.6. The summed E-state index contributed by atoms with van der Waals surface area (Å²) in [6.07, 6.45) is 0. The number of rotatable bonds is 7. The van der Waals surface area contributed by atoms with Gasteiger partial charge in [0, 0.05) is 16.7 Å². The molecule has 3 aromatic rings. The molecule has 3 aromatic carbocycles. The van der Waals surface area contributed by atoms with Crippen molar-refractivity contribution in [1.82, 2.24) is 0 Å². The van der Waals surface area contributed by atoms with Crippen molar-refractivity contribution in [3.8, 4) is 0 Å². The fourth-order valence-corrected chi connectivity index (χ4v) is 2.84. The molecule has 0 fully saturated rings. The zero-order valence-corrected chi connectivity index (χ0v) is 15.6. The molecule has 0 amide bonds. The number of ketones is 1. The van der Waals surface area contributed by atoms with Crippen LogP contribution in [0.1, 0.15) is 28.4 Å². The molecule has 0 spiro atoms. The van der Waals surface area contributed by atoms with E-state index in [0.29, 0.717) is 11.3 Å². The summed E-state index contributed by atoms with van der Waals surface area (Å²) in [7, 11) is 0. The summed E-state index contributed by atoms with van der Waals surface area (Å²) in [6, 6.07) is 26.4. The lowest BCUT2D eigenvalue weighted by Gasteiger charge is -2.14. The molecule has 0 aliphatic rings. The van der Waals surface area contributed by atoms with E-state index in [-0.39, 0.29) is 12.4 Å². The third kappa shape index (κ3) is 4.60. The van der Waals surface area contributed by atoms with Gasteiger partial charge in [-0.3, -0.25) is 9.79 Å². The number of hydrogen-bond donors (Lipinski definition) is 0. The molecule has 3 rings (SSSR count). The molecule has 28 heavy (non-hydrogen) atoms. The molecule has 0 heterocycles. The quantitative estimate of drug-likeness (QED) is 0.269. The van der Waals surface area contributed by atoms with Crippen LogP contribution in [0.4, 0.5) is 0 Å². The monoisotopic (exact) mass is 371 g/mol. The summed E-state index contributed by atoms with van der Waals surface area (Å²) in [5.74, 6) is -1.04. The Balaban J connectivity index is 2.11. The number of nitrogens with zero attached hydrogens (tertiary/aromatic N) is 1. The van der Waals surface area contributed by atoms with Gasteiger partial charge in [-0.05, 0) is 6.92 Å². The van der Waals surface area contributed by atoms with Gasteiger partial charge in [-0.25, -0.2) is 4.79 Å². The second-order valence-corrected chi connectivity index (χ2v) is 6.09. The lowest BCUT2D eigenvalue weighted by molar-refractivity contribution is -0.143. The average molecular weight is 371 g/mol. The molecule has 1 atom stereocenters. The van der Waals surface area contributed by atoms with E-state index in [4.69, 9.17) is 4.74 Å². The van der Waals surface area contributed by atoms with Gasteiger partial charge in [0.25, 0.3) is 0 Å². The van der Waals surface area contributed by atoms with Crippen LogP contribution in [0.15, 0.2) is 96.0 Å². The van der Waals surface area contributed by atoms with Crippen molar-refractivity contribution >= 4 is 17.5 Å². The van der Waals surface area contributed by atoms with Gasteiger partial charge in [-0.15, -0.1) is 0 Å². The largest absolute Gasteiger partial charge is 0.464 e. The van der Waals surface area contributed by atoms with Crippen molar-refractivity contribution < 1.29 is 14.3 Å². The van der Waals surface area contributed by atoms with Crippen LogP contribution in [0.2, 0.25) is 0 Å². The summed E-state index contributed by atoms with van der Waals surface area (Å²) >= 11 is 0. The predicted octanol–water partition coefficient (Wildman–Crippen LogP) is 4.34. The molecule has 0 aliphatic heterocycles. The Morgan fingerprint density at radius 3 is 1.61 bits per heavy atom. The maximum atomic E-state index is 13.1. The normalized spacial score (nSPS) is 11.3. The Labute approximate surface area is 164 Å². The van der Waals surface area contributed by atoms with Crippen molar-refractivity contribution in [1.29, 1.82) is 0 Å². The minimum absolute atomic E-state index is 0.179. The third-order valence-electron chi connectivity index (χ3n) is 4.17. The number of carbonyl (C=O) groups excluding carboxylic acids is 2. The fourth-order valence-electron chi connectivity index (χ4n) is 2.84. The average Bonchev–Trinajstić information content (AvgIpc) is 2.76. The van der Waals surface area contributed by atoms with Crippen LogP contribution in [-0.4, -0.2) is 30.1 Å². The number of ether oxygens (including phenoxy) is 1. The number of aliphatic imine (C=N–C) groups is 1. The van der Waals surface area contributed by atoms with Crippen LogP contribution >= 0.6 is 0 Å². The van der Waals surface area contributed by atoms with Crippen molar-refractivity contribution in [3.63, 3.8) is 0 Å². The first-order valence-electron chi connectivity index (χ1n) is 9.15. The Morgan fingerprint density at radius 1 is 0.750 bits per heavy atom. The van der Waals surface area contributed by atoms with Gasteiger partial charge in [0.05, 0.1) is 12.3 Å². The molecule has 0 saturated heterocycles. The Morgan fingerprint density at radius 2 is 1.18 bits per heavy atom. The molecule has 0 aliphatic carbocycles. The lowest BCUT2D eigenvalue weighted by atomic mass is 10.00. The van der Waals surface area contributed by atoms with E-state index < -0.39 is 12.0 Å². The second-order valence-electron chi connectivity index (χ2n) is 6.09. The van der Waals surface area contributed by atoms with Gasteiger partial charge in [-0.1, -0.05) is 91.0 Å². The highest BCUT2D eigenvalue weighted by Crippen LogP contribution is 2.15. The molecular formula is C24H21NO3. The highest BCUT2D eigenvalue weighted by Gasteiger charge is 2.29. The van der Waals surface area contributed by atoms with Crippen molar-refractivity contribution in [2.45, 2.75) is 13.0 Å². The lowest BCUT2D eigenvalue weighted by Crippen LogP contribution is -2.32. The van der Waals surface area contributed by atoms with Gasteiger partial charge >= 0.3 is 5.97 Å². The first kappa shape index (κ1) is 19.2. The van der Waals surface area contributed by atoms with E-state index in [9.17, 15) is 9.59 Å². The van der Waals surface area contributed by atoms with Crippen molar-refractivity contribution in [2.75, 3.05) is 6.61 Å². The van der Waals surface area contributed by atoms with E-state index in [1.807, 2.05) is 66.7 Å². The fraction of sp³-hybridized carbons (Fsp3) is 0.125. The van der Waals surface area contributed by atoms with Crippen molar-refractivity contribution in [3.05, 3.63) is 108 Å². The SMILES string of the molecule is CCOC(=O)C(N=C(c1ccccc1)c1ccccc1)C(=O)c1ccccc1. The van der Waals surface area contributed by atoms with Gasteiger partial charge in [0.2, 0.25) is 6.04 Å². The summed E-state index contributed by atoms with van der Waals surface area (Å²) in [4.78, 5) is 30.3. The summed E-state index contributed by atoms with van der Waals surface area (Å²) < 4.78 is 5.15. The molecular weight excluding hydrogens is 350 g/mol. The molecule has 0 radical (unpaired) electrons. The summed E-state index contributed by atoms with van der Waals surface area (Å²) in [6.45, 7) is 1.89. The third-order valence-corrected chi connectivity index (χ3v) is 4.17. The topological polar surface area (TPSA) is 55.7 Å². The molecule has 0 bridgehead atoms. The number of hydrogen-bond acceptors (Lipinski definition) is 4. The smallest absolute Gasteiger partial charge is 0.339 e. The minimum Gasteiger partial charge on any atom is -0.464 e. The van der Waals surface area contributed by atoms with E-state index >= 15 is 0 Å². The summed E-state index contributed by atoms with van der Waals surface area (Å²) in [5, 5.41) is 0. The van der Waals surface area contributed by atoms with Crippen LogP contribution in [0.3, 0.4) is 0 Å². The molecule has 4 heteroatoms. The van der Waals surface area contributed by atoms with E-state index in [1.54, 1.807) is 31.2 Å². The summed E-state index contributed by atoms with van der Waals surface area (Å²) in [5.41, 5.74) is 2.64. The molecule has 140 valence electrons. The first-order chi connectivity index (χ1) is 13.7. The number of esters is 1. The van der Waals surface area contributed by atoms with Gasteiger partial charge in [0.1, 0.15) is 0 Å². The van der Waals surface area contributed by atoms with Crippen LogP contribution < -0.4 is 0 Å². The molecule has 0 saturated carbocycles. The second kappa shape index (κ2) is 9.42.